The third kappa shape index (κ3) is 2.45. The molecule has 0 aromatic rings. The van der Waals surface area contributed by atoms with Gasteiger partial charge >= 0.3 is 0 Å². The molecule has 0 saturated heterocycles. The molecule has 0 spiro atoms. The van der Waals surface area contributed by atoms with Crippen molar-refractivity contribution in [1.29, 1.82) is 5.41 Å². The van der Waals surface area contributed by atoms with Crippen LogP contribution in [0.25, 0.3) is 0 Å². The maximum Gasteiger partial charge on any atom is 0.118 e. The molecule has 60 valence electrons. The van der Waals surface area contributed by atoms with Crippen molar-refractivity contribution >= 4 is 5.71 Å². The van der Waals surface area contributed by atoms with E-state index in [0.717, 1.165) is 0 Å². The van der Waals surface area contributed by atoms with Gasteiger partial charge in [0, 0.05) is 12.8 Å². The Balaban J connectivity index is 3.89. The van der Waals surface area contributed by atoms with E-state index in [1.807, 2.05) is 13.8 Å². The van der Waals surface area contributed by atoms with Crippen molar-refractivity contribution in [3.8, 4) is 0 Å². The Morgan fingerprint density at radius 2 is 2.10 bits per heavy atom. The molecule has 1 atom stereocenters. The minimum atomic E-state index is -0.417. The van der Waals surface area contributed by atoms with Crippen LogP contribution >= 0.6 is 0 Å². The van der Waals surface area contributed by atoms with Crippen molar-refractivity contribution in [2.24, 2.45) is 5.92 Å². The van der Waals surface area contributed by atoms with Crippen LogP contribution in [0.2, 0.25) is 0 Å². The average molecular weight is 145 g/mol. The number of hydrogen-bond donors (Lipinski definition) is 2. The highest BCUT2D eigenvalue weighted by Crippen LogP contribution is 2.02. The molecule has 0 aromatic heterocycles. The second-order valence-corrected chi connectivity index (χ2v) is 2.52. The topological polar surface area (TPSA) is 53.3 Å². The van der Waals surface area contributed by atoms with E-state index >= 15 is 0 Å². The van der Waals surface area contributed by atoms with Gasteiger partial charge in [-0.2, -0.15) is 0 Å². The highest BCUT2D eigenvalue weighted by atomic mass is 16.5. The van der Waals surface area contributed by atoms with Crippen LogP contribution in [0.1, 0.15) is 13.8 Å². The molecule has 0 heterocycles. The molecule has 0 amide bonds. The summed E-state index contributed by atoms with van der Waals surface area (Å²) >= 11 is 0. The summed E-state index contributed by atoms with van der Waals surface area (Å²) < 4.78 is 4.85. The summed E-state index contributed by atoms with van der Waals surface area (Å²) in [5.41, 5.74) is 0.449. The van der Waals surface area contributed by atoms with Gasteiger partial charge in [-0.15, -0.1) is 0 Å². The maximum atomic E-state index is 8.68. The Morgan fingerprint density at radius 3 is 2.20 bits per heavy atom. The van der Waals surface area contributed by atoms with Gasteiger partial charge in [0.25, 0.3) is 0 Å². The summed E-state index contributed by atoms with van der Waals surface area (Å²) in [6.07, 6.45) is -0.417. The van der Waals surface area contributed by atoms with Gasteiger partial charge in [-0.1, -0.05) is 13.8 Å². The first-order valence-electron chi connectivity index (χ1n) is 3.35. The van der Waals surface area contributed by atoms with Crippen molar-refractivity contribution < 1.29 is 9.84 Å². The number of nitrogens with one attached hydrogen (secondary N) is 1. The average Bonchev–Trinajstić information content (AvgIpc) is 1.90. The van der Waals surface area contributed by atoms with Crippen molar-refractivity contribution in [2.45, 2.75) is 20.0 Å². The zero-order valence-electron chi connectivity index (χ0n) is 6.72. The number of methoxy groups -OCH3 is 1. The Hall–Kier alpha value is -0.410. The van der Waals surface area contributed by atoms with Gasteiger partial charge < -0.3 is 15.3 Å². The molecule has 0 aliphatic carbocycles. The highest BCUT2D eigenvalue weighted by Gasteiger charge is 2.14. The van der Waals surface area contributed by atoms with E-state index < -0.39 is 6.10 Å². The summed E-state index contributed by atoms with van der Waals surface area (Å²) in [4.78, 5) is 0. The van der Waals surface area contributed by atoms with Crippen LogP contribution in [0.15, 0.2) is 0 Å². The molecule has 0 bridgehead atoms. The standard InChI is InChI=1S/C7H15NO2/c1-5(2)7(8)6(4-9)10-3/h5-6,8-9H,4H2,1-3H3. The molecule has 1 unspecified atom stereocenters. The van der Waals surface area contributed by atoms with Crippen LogP contribution < -0.4 is 0 Å². The first-order chi connectivity index (χ1) is 4.63. The molecule has 0 aliphatic rings. The minimum Gasteiger partial charge on any atom is -0.393 e. The van der Waals surface area contributed by atoms with Crippen LogP contribution in [0.5, 0.6) is 0 Å². The monoisotopic (exact) mass is 145 g/mol. The number of aliphatic hydroxyl groups is 1. The van der Waals surface area contributed by atoms with E-state index in [0.29, 0.717) is 5.71 Å². The number of ether oxygens (including phenoxy) is 1. The fourth-order valence-corrected chi connectivity index (χ4v) is 0.672. The quantitative estimate of drug-likeness (QED) is 0.571. The number of aliphatic hydroxyl groups excluding tert-OH is 1. The van der Waals surface area contributed by atoms with Crippen LogP contribution in [0.3, 0.4) is 0 Å². The molecule has 0 fully saturated rings. The Bertz CT molecular complexity index is 108. The third-order valence-electron chi connectivity index (χ3n) is 1.42. The SMILES string of the molecule is COC(CO)C(=N)C(C)C. The fraction of sp³-hybridized carbons (Fsp3) is 0.857. The summed E-state index contributed by atoms with van der Waals surface area (Å²) in [7, 11) is 1.50. The van der Waals surface area contributed by atoms with Gasteiger partial charge in [-0.05, 0) is 5.92 Å². The minimum absolute atomic E-state index is 0.104. The van der Waals surface area contributed by atoms with Gasteiger partial charge in [0.05, 0.1) is 6.61 Å². The van der Waals surface area contributed by atoms with Gasteiger partial charge in [0.15, 0.2) is 0 Å². The summed E-state index contributed by atoms with van der Waals surface area (Å²) in [5, 5.41) is 16.1. The highest BCUT2D eigenvalue weighted by molar-refractivity contribution is 5.87. The predicted octanol–water partition coefficient (Wildman–Crippen LogP) is 0.669. The van der Waals surface area contributed by atoms with Crippen LogP contribution in [-0.4, -0.2) is 30.6 Å². The van der Waals surface area contributed by atoms with Crippen molar-refractivity contribution in [1.82, 2.24) is 0 Å². The second-order valence-electron chi connectivity index (χ2n) is 2.52. The summed E-state index contributed by atoms with van der Waals surface area (Å²) in [6, 6.07) is 0. The lowest BCUT2D eigenvalue weighted by atomic mass is 10.0. The normalized spacial score (nSPS) is 13.7. The maximum absolute atomic E-state index is 8.68. The molecule has 0 saturated carbocycles. The molecule has 3 heteroatoms. The van der Waals surface area contributed by atoms with Crippen molar-refractivity contribution in [3.05, 3.63) is 0 Å². The van der Waals surface area contributed by atoms with E-state index in [4.69, 9.17) is 15.3 Å². The molecule has 2 N–H and O–H groups in total. The van der Waals surface area contributed by atoms with Gasteiger partial charge in [0.1, 0.15) is 6.10 Å². The Labute approximate surface area is 61.5 Å². The second kappa shape index (κ2) is 4.41. The lowest BCUT2D eigenvalue weighted by Gasteiger charge is -2.15. The smallest absolute Gasteiger partial charge is 0.118 e. The van der Waals surface area contributed by atoms with Crippen molar-refractivity contribution in [2.75, 3.05) is 13.7 Å². The van der Waals surface area contributed by atoms with Crippen LogP contribution in [0, 0.1) is 11.3 Å². The first-order valence-corrected chi connectivity index (χ1v) is 3.35. The summed E-state index contributed by atoms with van der Waals surface area (Å²) in [5.74, 6) is 0.150. The lowest BCUT2D eigenvalue weighted by Crippen LogP contribution is -2.29. The van der Waals surface area contributed by atoms with Crippen LogP contribution in [0.4, 0.5) is 0 Å². The van der Waals surface area contributed by atoms with E-state index in [9.17, 15) is 0 Å². The Kier molecular flexibility index (Phi) is 4.23. The molecular formula is C7H15NO2. The lowest BCUT2D eigenvalue weighted by molar-refractivity contribution is 0.0914. The van der Waals surface area contributed by atoms with E-state index in [-0.39, 0.29) is 12.5 Å². The zero-order chi connectivity index (χ0) is 8.15. The predicted molar refractivity (Wildman–Crippen MR) is 40.4 cm³/mol. The van der Waals surface area contributed by atoms with Crippen molar-refractivity contribution in [3.63, 3.8) is 0 Å². The Morgan fingerprint density at radius 1 is 1.60 bits per heavy atom. The molecule has 3 nitrogen and oxygen atoms in total. The van der Waals surface area contributed by atoms with E-state index in [1.165, 1.54) is 7.11 Å². The van der Waals surface area contributed by atoms with Gasteiger partial charge in [-0.25, -0.2) is 0 Å². The molecule has 0 aliphatic heterocycles. The first kappa shape index (κ1) is 9.59. The fourth-order valence-electron chi connectivity index (χ4n) is 0.672. The van der Waals surface area contributed by atoms with E-state index in [2.05, 4.69) is 0 Å². The largest absolute Gasteiger partial charge is 0.393 e. The number of hydrogen-bond acceptors (Lipinski definition) is 3. The van der Waals surface area contributed by atoms with Gasteiger partial charge in [0.2, 0.25) is 0 Å². The van der Waals surface area contributed by atoms with Crippen LogP contribution in [-0.2, 0) is 4.74 Å². The van der Waals surface area contributed by atoms with Gasteiger partial charge in [-0.3, -0.25) is 0 Å². The number of rotatable bonds is 4. The molecule has 0 aromatic carbocycles. The van der Waals surface area contributed by atoms with E-state index in [1.54, 1.807) is 0 Å². The molecular weight excluding hydrogens is 130 g/mol. The molecule has 0 rings (SSSR count). The molecule has 0 radical (unpaired) electrons. The third-order valence-corrected chi connectivity index (χ3v) is 1.42. The molecule has 10 heavy (non-hydrogen) atoms. The summed E-state index contributed by atoms with van der Waals surface area (Å²) in [6.45, 7) is 3.71. The zero-order valence-corrected chi connectivity index (χ0v) is 6.72.